The smallest absolute Gasteiger partial charge is 0.258 e. The van der Waals surface area contributed by atoms with Crippen LogP contribution in [0.4, 0.5) is 0 Å². The molecule has 4 rings (SSSR count). The summed E-state index contributed by atoms with van der Waals surface area (Å²) in [7, 11) is 1.85. The van der Waals surface area contributed by atoms with Crippen molar-refractivity contribution in [2.75, 3.05) is 0 Å². The molecule has 1 atom stereocenters. The first-order valence-corrected chi connectivity index (χ1v) is 10.7. The highest BCUT2D eigenvalue weighted by molar-refractivity contribution is 7.99. The Labute approximate surface area is 183 Å². The molecule has 1 amide bonds. The van der Waals surface area contributed by atoms with Gasteiger partial charge < -0.3 is 14.9 Å². The number of benzene rings is 2. The van der Waals surface area contributed by atoms with Crippen molar-refractivity contribution in [2.24, 2.45) is 7.05 Å². The van der Waals surface area contributed by atoms with Gasteiger partial charge >= 0.3 is 0 Å². The standard InChI is InChI=1S/C22H22N6O2S/c1-13-7-6-8-15(11-13)20(29)23-12-18-26-27-22(28(18)3)31-14(2)19-24-17-10-5-4-9-16(17)21(30)25-19/h4-11,14H,12H2,1-3H3,(H,23,29)(H,24,25,30)/t14-/m1/s1. The van der Waals surface area contributed by atoms with E-state index < -0.39 is 0 Å². The van der Waals surface area contributed by atoms with Gasteiger partial charge in [-0.3, -0.25) is 9.59 Å². The molecule has 0 fully saturated rings. The Bertz CT molecular complexity index is 1310. The number of hydrogen-bond acceptors (Lipinski definition) is 6. The monoisotopic (exact) mass is 434 g/mol. The van der Waals surface area contributed by atoms with E-state index in [2.05, 4.69) is 25.5 Å². The summed E-state index contributed by atoms with van der Waals surface area (Å²) in [5.41, 5.74) is 2.13. The molecule has 0 bridgehead atoms. The van der Waals surface area contributed by atoms with E-state index >= 15 is 0 Å². The molecule has 158 valence electrons. The molecule has 2 heterocycles. The predicted octanol–water partition coefficient (Wildman–Crippen LogP) is 3.14. The van der Waals surface area contributed by atoms with Crippen LogP contribution in [0.1, 0.15) is 39.7 Å². The van der Waals surface area contributed by atoms with E-state index in [1.54, 1.807) is 12.1 Å². The lowest BCUT2D eigenvalue weighted by Gasteiger charge is -2.11. The van der Waals surface area contributed by atoms with Gasteiger partial charge in [-0.25, -0.2) is 4.98 Å². The minimum absolute atomic E-state index is 0.144. The molecule has 0 saturated heterocycles. The fraction of sp³-hybridized carbons (Fsp3) is 0.227. The third-order valence-electron chi connectivity index (χ3n) is 4.91. The van der Waals surface area contributed by atoms with Crippen LogP contribution in [0.25, 0.3) is 10.9 Å². The zero-order valence-corrected chi connectivity index (χ0v) is 18.2. The van der Waals surface area contributed by atoms with E-state index in [1.807, 2.05) is 61.9 Å². The van der Waals surface area contributed by atoms with E-state index in [-0.39, 0.29) is 23.3 Å². The molecule has 0 unspecified atom stereocenters. The Morgan fingerprint density at radius 2 is 2.00 bits per heavy atom. The molecule has 2 N–H and O–H groups in total. The fourth-order valence-electron chi connectivity index (χ4n) is 3.16. The number of para-hydroxylation sites is 1. The average Bonchev–Trinajstić information content (AvgIpc) is 3.11. The van der Waals surface area contributed by atoms with Crippen molar-refractivity contribution in [3.05, 3.63) is 81.7 Å². The second kappa shape index (κ2) is 8.73. The minimum atomic E-state index is -0.162. The van der Waals surface area contributed by atoms with Crippen molar-refractivity contribution >= 4 is 28.6 Å². The highest BCUT2D eigenvalue weighted by Crippen LogP contribution is 2.31. The van der Waals surface area contributed by atoms with Gasteiger partial charge in [0.2, 0.25) is 0 Å². The van der Waals surface area contributed by atoms with E-state index in [0.717, 1.165) is 5.56 Å². The summed E-state index contributed by atoms with van der Waals surface area (Å²) in [5, 5.41) is 12.4. The summed E-state index contributed by atoms with van der Waals surface area (Å²) in [6.07, 6.45) is 0. The van der Waals surface area contributed by atoms with Crippen LogP contribution < -0.4 is 10.9 Å². The number of H-pyrrole nitrogens is 1. The van der Waals surface area contributed by atoms with Crippen LogP contribution in [-0.4, -0.2) is 30.6 Å². The van der Waals surface area contributed by atoms with E-state index in [9.17, 15) is 9.59 Å². The first kappa shape index (κ1) is 20.8. The van der Waals surface area contributed by atoms with Crippen molar-refractivity contribution in [2.45, 2.75) is 30.8 Å². The van der Waals surface area contributed by atoms with Crippen molar-refractivity contribution in [1.29, 1.82) is 0 Å². The molecule has 9 heteroatoms. The molecule has 0 aliphatic rings. The van der Waals surface area contributed by atoms with Gasteiger partial charge in [-0.2, -0.15) is 0 Å². The highest BCUT2D eigenvalue weighted by Gasteiger charge is 2.17. The summed E-state index contributed by atoms with van der Waals surface area (Å²) in [4.78, 5) is 32.1. The van der Waals surface area contributed by atoms with Crippen LogP contribution in [0, 0.1) is 6.92 Å². The van der Waals surface area contributed by atoms with Gasteiger partial charge in [0.15, 0.2) is 11.0 Å². The Morgan fingerprint density at radius 1 is 1.19 bits per heavy atom. The van der Waals surface area contributed by atoms with E-state index in [4.69, 9.17) is 0 Å². The minimum Gasteiger partial charge on any atom is -0.345 e. The Balaban J connectivity index is 1.46. The maximum atomic E-state index is 12.4. The molecule has 4 aromatic rings. The molecule has 0 saturated carbocycles. The van der Waals surface area contributed by atoms with Crippen molar-refractivity contribution < 1.29 is 4.79 Å². The largest absolute Gasteiger partial charge is 0.345 e. The number of aryl methyl sites for hydroxylation is 1. The number of aromatic amines is 1. The Hall–Kier alpha value is -3.46. The van der Waals surface area contributed by atoms with Crippen molar-refractivity contribution in [3.8, 4) is 0 Å². The number of rotatable bonds is 6. The number of nitrogens with one attached hydrogen (secondary N) is 2. The quantitative estimate of drug-likeness (QED) is 0.452. The lowest BCUT2D eigenvalue weighted by Crippen LogP contribution is -2.24. The zero-order chi connectivity index (χ0) is 22.0. The number of nitrogens with zero attached hydrogens (tertiary/aromatic N) is 4. The molecular formula is C22H22N6O2S. The lowest BCUT2D eigenvalue weighted by atomic mass is 10.1. The molecule has 0 radical (unpaired) electrons. The number of thioether (sulfide) groups is 1. The fourth-order valence-corrected chi connectivity index (χ4v) is 4.05. The van der Waals surface area contributed by atoms with Gasteiger partial charge in [0.05, 0.1) is 22.7 Å². The molecule has 8 nitrogen and oxygen atoms in total. The topological polar surface area (TPSA) is 106 Å². The SMILES string of the molecule is Cc1cccc(C(=O)NCc2nnc(S[C@H](C)c3nc4ccccc4c(=O)[nH]3)n2C)c1. The van der Waals surface area contributed by atoms with Crippen LogP contribution in [0.5, 0.6) is 0 Å². The summed E-state index contributed by atoms with van der Waals surface area (Å²) in [6.45, 7) is 4.16. The molecule has 2 aromatic carbocycles. The van der Waals surface area contributed by atoms with Gasteiger partial charge in [0, 0.05) is 12.6 Å². The van der Waals surface area contributed by atoms with Gasteiger partial charge in [-0.15, -0.1) is 10.2 Å². The molecule has 31 heavy (non-hydrogen) atoms. The maximum Gasteiger partial charge on any atom is 0.258 e. The predicted molar refractivity (Wildman–Crippen MR) is 120 cm³/mol. The van der Waals surface area contributed by atoms with E-state index in [0.29, 0.717) is 33.3 Å². The van der Waals surface area contributed by atoms with Crippen LogP contribution >= 0.6 is 11.8 Å². The summed E-state index contributed by atoms with van der Waals surface area (Å²) >= 11 is 1.44. The number of carbonyl (C=O) groups is 1. The molecule has 0 aliphatic heterocycles. The normalized spacial score (nSPS) is 12.1. The maximum absolute atomic E-state index is 12.4. The third kappa shape index (κ3) is 4.51. The number of aromatic nitrogens is 5. The van der Waals surface area contributed by atoms with Crippen LogP contribution in [-0.2, 0) is 13.6 Å². The second-order valence-electron chi connectivity index (χ2n) is 7.24. The third-order valence-corrected chi connectivity index (χ3v) is 6.05. The number of amides is 1. The molecule has 0 aliphatic carbocycles. The van der Waals surface area contributed by atoms with E-state index in [1.165, 1.54) is 11.8 Å². The summed E-state index contributed by atoms with van der Waals surface area (Å²) in [5.74, 6) is 1.05. The van der Waals surface area contributed by atoms with Gasteiger partial charge in [0.25, 0.3) is 11.5 Å². The lowest BCUT2D eigenvalue weighted by molar-refractivity contribution is 0.0949. The van der Waals surface area contributed by atoms with Crippen LogP contribution in [0.15, 0.2) is 58.5 Å². The molecular weight excluding hydrogens is 412 g/mol. The van der Waals surface area contributed by atoms with Crippen LogP contribution in [0.2, 0.25) is 0 Å². The van der Waals surface area contributed by atoms with Gasteiger partial charge in [0.1, 0.15) is 5.82 Å². The molecule has 0 spiro atoms. The highest BCUT2D eigenvalue weighted by atomic mass is 32.2. The first-order chi connectivity index (χ1) is 14.9. The molecule has 2 aromatic heterocycles. The van der Waals surface area contributed by atoms with Crippen molar-refractivity contribution in [1.82, 2.24) is 30.0 Å². The van der Waals surface area contributed by atoms with Gasteiger partial charge in [-0.1, -0.05) is 41.6 Å². The Morgan fingerprint density at radius 3 is 2.81 bits per heavy atom. The Kier molecular flexibility index (Phi) is 5.85. The second-order valence-corrected chi connectivity index (χ2v) is 8.55. The first-order valence-electron chi connectivity index (χ1n) is 9.81. The van der Waals surface area contributed by atoms with Crippen molar-refractivity contribution in [3.63, 3.8) is 0 Å². The summed E-state index contributed by atoms with van der Waals surface area (Å²) < 4.78 is 1.83. The zero-order valence-electron chi connectivity index (χ0n) is 17.4. The van der Waals surface area contributed by atoms with Crippen LogP contribution in [0.3, 0.4) is 0 Å². The average molecular weight is 435 g/mol. The number of hydrogen-bond donors (Lipinski definition) is 2. The van der Waals surface area contributed by atoms with Gasteiger partial charge in [-0.05, 0) is 38.1 Å². The summed E-state index contributed by atoms with van der Waals surface area (Å²) in [6, 6.07) is 14.7. The number of carbonyl (C=O) groups excluding carboxylic acids is 1. The number of fused-ring (bicyclic) bond motifs is 1.